The van der Waals surface area contributed by atoms with Crippen LogP contribution in [0.2, 0.25) is 0 Å². The lowest BCUT2D eigenvalue weighted by Gasteiger charge is -2.36. The van der Waals surface area contributed by atoms with Crippen molar-refractivity contribution in [2.24, 2.45) is 0 Å². The summed E-state index contributed by atoms with van der Waals surface area (Å²) < 4.78 is 70.3. The fraction of sp³-hybridized carbons (Fsp3) is 0.480. The van der Waals surface area contributed by atoms with E-state index in [0.29, 0.717) is 11.3 Å². The van der Waals surface area contributed by atoms with Crippen LogP contribution in [-0.2, 0) is 27.0 Å². The summed E-state index contributed by atoms with van der Waals surface area (Å²) in [6.07, 6.45) is -3.30. The number of fused-ring (bicyclic) bond motifs is 3. The first-order chi connectivity index (χ1) is 16.9. The maximum absolute atomic E-state index is 14.1. The number of carboxylic acids is 1. The molecule has 0 saturated heterocycles. The number of nitrogens with zero attached hydrogens (tertiary/aromatic N) is 4. The van der Waals surface area contributed by atoms with Crippen molar-refractivity contribution in [3.8, 4) is 0 Å². The van der Waals surface area contributed by atoms with Gasteiger partial charge in [-0.05, 0) is 38.3 Å². The molecule has 0 fully saturated rings. The molecule has 0 amide bonds. The highest BCUT2D eigenvalue weighted by Gasteiger charge is 2.56. The fourth-order valence-electron chi connectivity index (χ4n) is 5.37. The number of carboxylic acid groups (broad SMARTS) is 1. The minimum Gasteiger partial charge on any atom is -0.597 e. The van der Waals surface area contributed by atoms with Crippen LogP contribution in [0.25, 0.3) is 5.65 Å². The van der Waals surface area contributed by atoms with Gasteiger partial charge >= 0.3 is 12.1 Å². The lowest BCUT2D eigenvalue weighted by atomic mass is 9.73. The molecular weight excluding hydrogens is 512 g/mol. The van der Waals surface area contributed by atoms with Crippen LogP contribution in [-0.4, -0.2) is 52.5 Å². The van der Waals surface area contributed by atoms with Crippen molar-refractivity contribution in [2.45, 2.75) is 68.8 Å². The molecule has 1 aliphatic rings. The SMILES string of the molecule is CN([C@@H](c1ccc(C2(C(=O)O)CC(C)(C)c3c2cnc2cc(F)nn32)cc1)C(F)(F)F)[S+]([O-])C(C)(C)C. The summed E-state index contributed by atoms with van der Waals surface area (Å²) >= 11 is -1.96. The third-order valence-corrected chi connectivity index (χ3v) is 8.59. The maximum atomic E-state index is 14.1. The topological polar surface area (TPSA) is 93.8 Å². The molecule has 0 radical (unpaired) electrons. The molecule has 37 heavy (non-hydrogen) atoms. The van der Waals surface area contributed by atoms with Gasteiger partial charge in [0.1, 0.15) is 10.2 Å². The van der Waals surface area contributed by atoms with E-state index < -0.39 is 51.1 Å². The van der Waals surface area contributed by atoms with Crippen molar-refractivity contribution in [2.75, 3.05) is 7.05 Å². The van der Waals surface area contributed by atoms with Crippen LogP contribution in [0, 0.1) is 5.95 Å². The van der Waals surface area contributed by atoms with Crippen LogP contribution in [0.4, 0.5) is 17.6 Å². The first-order valence-electron chi connectivity index (χ1n) is 11.5. The van der Waals surface area contributed by atoms with E-state index >= 15 is 0 Å². The van der Waals surface area contributed by atoms with Gasteiger partial charge in [-0.2, -0.15) is 17.6 Å². The van der Waals surface area contributed by atoms with Gasteiger partial charge in [-0.15, -0.1) is 9.40 Å². The van der Waals surface area contributed by atoms with Crippen molar-refractivity contribution in [3.05, 3.63) is 64.9 Å². The number of halogens is 4. The molecule has 1 aromatic carbocycles. The van der Waals surface area contributed by atoms with Gasteiger partial charge in [0.05, 0.1) is 5.69 Å². The average Bonchev–Trinajstić information content (AvgIpc) is 3.26. The minimum atomic E-state index is -4.73. The normalized spacial score (nSPS) is 21.3. The Morgan fingerprint density at radius 3 is 2.32 bits per heavy atom. The number of hydrogen-bond donors (Lipinski definition) is 1. The molecule has 2 heterocycles. The summed E-state index contributed by atoms with van der Waals surface area (Å²) in [5, 5.41) is 14.3. The second-order valence-corrected chi connectivity index (χ2v) is 13.3. The van der Waals surface area contributed by atoms with E-state index in [-0.39, 0.29) is 23.2 Å². The van der Waals surface area contributed by atoms with Crippen molar-refractivity contribution in [1.29, 1.82) is 0 Å². The summed E-state index contributed by atoms with van der Waals surface area (Å²) in [5.74, 6) is -1.97. The van der Waals surface area contributed by atoms with Gasteiger partial charge in [0.15, 0.2) is 11.7 Å². The third kappa shape index (κ3) is 4.38. The van der Waals surface area contributed by atoms with Crippen LogP contribution in [0.5, 0.6) is 0 Å². The number of hydrogen-bond acceptors (Lipinski definition) is 5. The Kier molecular flexibility index (Phi) is 6.41. The van der Waals surface area contributed by atoms with E-state index in [4.69, 9.17) is 0 Å². The Morgan fingerprint density at radius 2 is 1.81 bits per heavy atom. The first kappa shape index (κ1) is 27.3. The molecule has 0 saturated carbocycles. The smallest absolute Gasteiger partial charge is 0.412 e. The highest BCUT2D eigenvalue weighted by Crippen LogP contribution is 2.53. The van der Waals surface area contributed by atoms with Gasteiger partial charge in [-0.3, -0.25) is 4.79 Å². The predicted molar refractivity (Wildman–Crippen MR) is 130 cm³/mol. The maximum Gasteiger partial charge on any atom is 0.412 e. The quantitative estimate of drug-likeness (QED) is 0.365. The van der Waals surface area contributed by atoms with E-state index in [1.807, 2.05) is 0 Å². The fourth-order valence-corrected chi connectivity index (χ4v) is 6.66. The number of aliphatic carboxylic acids is 1. The molecule has 0 spiro atoms. The van der Waals surface area contributed by atoms with Gasteiger partial charge in [-0.1, -0.05) is 38.1 Å². The van der Waals surface area contributed by atoms with E-state index in [1.54, 1.807) is 34.6 Å². The largest absolute Gasteiger partial charge is 0.597 e. The average molecular weight is 541 g/mol. The second-order valence-electron chi connectivity index (χ2n) is 11.0. The Hall–Kier alpha value is -2.70. The molecule has 1 aliphatic carbocycles. The highest BCUT2D eigenvalue weighted by atomic mass is 32.2. The molecule has 3 aromatic rings. The minimum absolute atomic E-state index is 0.0585. The molecule has 0 bridgehead atoms. The van der Waals surface area contributed by atoms with Gasteiger partial charge in [0, 0.05) is 41.7 Å². The zero-order valence-corrected chi connectivity index (χ0v) is 22.0. The van der Waals surface area contributed by atoms with Crippen LogP contribution in [0.1, 0.15) is 69.5 Å². The molecule has 12 heteroatoms. The summed E-state index contributed by atoms with van der Waals surface area (Å²) in [6, 6.07) is 4.13. The Bertz CT molecular complexity index is 1350. The lowest BCUT2D eigenvalue weighted by molar-refractivity contribution is -0.171. The van der Waals surface area contributed by atoms with Gasteiger partial charge in [0.2, 0.25) is 5.95 Å². The van der Waals surface area contributed by atoms with Gasteiger partial charge in [-0.25, -0.2) is 9.50 Å². The molecule has 0 aliphatic heterocycles. The Balaban J connectivity index is 1.85. The molecule has 200 valence electrons. The standard InChI is InChI=1S/C25H28F4N4O3S/c1-22(2,3)37(36)32(6)19(25(27,28)29)14-7-9-15(10-8-14)24(21(34)35)13-23(4,5)20-16(24)12-30-18-11-17(26)31-33(18)20/h7-12,19H,13H2,1-6H3,(H,34,35)/t19-,24?,37?/m0/s1. The summed E-state index contributed by atoms with van der Waals surface area (Å²) in [4.78, 5) is 17.0. The lowest BCUT2D eigenvalue weighted by Crippen LogP contribution is -2.46. The van der Waals surface area contributed by atoms with E-state index in [1.165, 1.54) is 35.0 Å². The van der Waals surface area contributed by atoms with Crippen molar-refractivity contribution in [3.63, 3.8) is 0 Å². The van der Waals surface area contributed by atoms with Crippen LogP contribution in [0.15, 0.2) is 36.5 Å². The molecule has 7 nitrogen and oxygen atoms in total. The van der Waals surface area contributed by atoms with Crippen LogP contribution >= 0.6 is 0 Å². The van der Waals surface area contributed by atoms with Crippen LogP contribution < -0.4 is 0 Å². The first-order valence-corrected chi connectivity index (χ1v) is 12.6. The van der Waals surface area contributed by atoms with Crippen molar-refractivity contribution >= 4 is 23.0 Å². The molecule has 2 unspecified atom stereocenters. The predicted octanol–water partition coefficient (Wildman–Crippen LogP) is 4.92. The number of benzene rings is 1. The number of aromatic nitrogens is 3. The van der Waals surface area contributed by atoms with Crippen molar-refractivity contribution in [1.82, 2.24) is 18.9 Å². The number of alkyl halides is 3. The molecule has 3 atom stereocenters. The van der Waals surface area contributed by atoms with Gasteiger partial charge in [0.25, 0.3) is 0 Å². The summed E-state index contributed by atoms with van der Waals surface area (Å²) in [5.41, 5.74) is -1.34. The molecule has 4 rings (SSSR count). The third-order valence-electron chi connectivity index (χ3n) is 6.80. The zero-order valence-electron chi connectivity index (χ0n) is 21.2. The van der Waals surface area contributed by atoms with Crippen LogP contribution in [0.3, 0.4) is 0 Å². The molecule has 1 N–H and O–H groups in total. The summed E-state index contributed by atoms with van der Waals surface area (Å²) in [7, 11) is 1.15. The summed E-state index contributed by atoms with van der Waals surface area (Å²) in [6.45, 7) is 8.37. The number of carbonyl (C=O) groups is 1. The zero-order chi connectivity index (χ0) is 27.7. The van der Waals surface area contributed by atoms with E-state index in [0.717, 1.165) is 17.4 Å². The molecular formula is C25H28F4N4O3S. The monoisotopic (exact) mass is 540 g/mol. The molecule has 2 aromatic heterocycles. The van der Waals surface area contributed by atoms with E-state index in [9.17, 15) is 32.0 Å². The Labute approximate surface area is 214 Å². The highest BCUT2D eigenvalue weighted by molar-refractivity contribution is 7.90. The Morgan fingerprint density at radius 1 is 1.22 bits per heavy atom. The number of rotatable bonds is 5. The van der Waals surface area contributed by atoms with Gasteiger partial charge < -0.3 is 9.66 Å². The van der Waals surface area contributed by atoms with Crippen molar-refractivity contribution < 1.29 is 32.0 Å². The second kappa shape index (κ2) is 8.67. The van der Waals surface area contributed by atoms with E-state index in [2.05, 4.69) is 10.1 Å².